The molecule has 1 fully saturated rings. The number of hydrogen-bond acceptors (Lipinski definition) is 1. The normalized spacial score (nSPS) is 30.9. The average molecular weight is 226 g/mol. The van der Waals surface area contributed by atoms with Gasteiger partial charge in [-0.25, -0.2) is 0 Å². The Morgan fingerprint density at radius 3 is 2.50 bits per heavy atom. The first kappa shape index (κ1) is 14.0. The number of aliphatic hydroxyl groups is 1. The lowest BCUT2D eigenvalue weighted by Gasteiger charge is -2.31. The van der Waals surface area contributed by atoms with Gasteiger partial charge in [-0.05, 0) is 37.0 Å². The van der Waals surface area contributed by atoms with Crippen molar-refractivity contribution in [1.82, 2.24) is 0 Å². The third kappa shape index (κ3) is 5.34. The second-order valence-electron chi connectivity index (χ2n) is 6.26. The van der Waals surface area contributed by atoms with Crippen LogP contribution in [0.2, 0.25) is 0 Å². The molecule has 1 aliphatic rings. The minimum Gasteiger partial charge on any atom is -0.393 e. The van der Waals surface area contributed by atoms with E-state index < -0.39 is 0 Å². The molecule has 0 aliphatic heterocycles. The van der Waals surface area contributed by atoms with E-state index in [4.69, 9.17) is 0 Å². The molecule has 3 unspecified atom stereocenters. The Kier molecular flexibility index (Phi) is 6.41. The van der Waals surface area contributed by atoms with Crippen molar-refractivity contribution in [3.05, 3.63) is 0 Å². The van der Waals surface area contributed by atoms with Crippen LogP contribution < -0.4 is 0 Å². The Morgan fingerprint density at radius 2 is 1.88 bits per heavy atom. The molecule has 1 aliphatic carbocycles. The maximum absolute atomic E-state index is 9.67. The summed E-state index contributed by atoms with van der Waals surface area (Å²) in [4.78, 5) is 0. The topological polar surface area (TPSA) is 20.2 Å². The van der Waals surface area contributed by atoms with Gasteiger partial charge in [0, 0.05) is 0 Å². The first-order valence-corrected chi connectivity index (χ1v) is 7.27. The molecular weight excluding hydrogens is 196 g/mol. The van der Waals surface area contributed by atoms with Gasteiger partial charge in [0.05, 0.1) is 6.10 Å². The molecule has 1 N–H and O–H groups in total. The van der Waals surface area contributed by atoms with Crippen LogP contribution in [-0.4, -0.2) is 11.2 Å². The summed E-state index contributed by atoms with van der Waals surface area (Å²) in [7, 11) is 0. The number of unbranched alkanes of at least 4 members (excludes halogenated alkanes) is 2. The quantitative estimate of drug-likeness (QED) is 0.666. The SMILES string of the molecule is CC(C)CCCCCC1CCC(O)C(C)C1. The molecule has 1 saturated carbocycles. The van der Waals surface area contributed by atoms with Crippen LogP contribution in [0, 0.1) is 17.8 Å². The summed E-state index contributed by atoms with van der Waals surface area (Å²) in [6.45, 7) is 6.82. The van der Waals surface area contributed by atoms with E-state index in [9.17, 15) is 5.11 Å². The van der Waals surface area contributed by atoms with Crippen molar-refractivity contribution in [1.29, 1.82) is 0 Å². The van der Waals surface area contributed by atoms with Crippen LogP contribution in [0.15, 0.2) is 0 Å². The molecule has 1 nitrogen and oxygen atoms in total. The Hall–Kier alpha value is -0.0400. The van der Waals surface area contributed by atoms with Gasteiger partial charge in [-0.15, -0.1) is 0 Å². The number of hydrogen-bond donors (Lipinski definition) is 1. The molecule has 0 aromatic rings. The zero-order chi connectivity index (χ0) is 12.0. The molecule has 0 aromatic carbocycles. The van der Waals surface area contributed by atoms with Gasteiger partial charge in [0.25, 0.3) is 0 Å². The van der Waals surface area contributed by atoms with E-state index in [-0.39, 0.29) is 6.10 Å². The molecule has 3 atom stereocenters. The summed E-state index contributed by atoms with van der Waals surface area (Å²) in [6, 6.07) is 0. The lowest BCUT2D eigenvalue weighted by atomic mass is 9.78. The van der Waals surface area contributed by atoms with Gasteiger partial charge in [-0.3, -0.25) is 0 Å². The fourth-order valence-corrected chi connectivity index (χ4v) is 2.92. The van der Waals surface area contributed by atoms with Crippen LogP contribution >= 0.6 is 0 Å². The van der Waals surface area contributed by atoms with Gasteiger partial charge in [-0.1, -0.05) is 52.9 Å². The van der Waals surface area contributed by atoms with Crippen LogP contribution in [0.4, 0.5) is 0 Å². The number of aliphatic hydroxyl groups excluding tert-OH is 1. The minimum atomic E-state index is -0.0165. The van der Waals surface area contributed by atoms with Crippen LogP contribution in [0.25, 0.3) is 0 Å². The standard InChI is InChI=1S/C15H30O/c1-12(2)7-5-4-6-8-14-9-10-15(16)13(3)11-14/h12-16H,4-11H2,1-3H3. The van der Waals surface area contributed by atoms with Crippen LogP contribution in [0.5, 0.6) is 0 Å². The monoisotopic (exact) mass is 226 g/mol. The van der Waals surface area contributed by atoms with E-state index in [0.717, 1.165) is 18.3 Å². The summed E-state index contributed by atoms with van der Waals surface area (Å²) in [5.41, 5.74) is 0. The largest absolute Gasteiger partial charge is 0.393 e. The third-order valence-electron chi connectivity index (χ3n) is 4.13. The lowest BCUT2D eigenvalue weighted by molar-refractivity contribution is 0.0548. The highest BCUT2D eigenvalue weighted by molar-refractivity contribution is 4.76. The van der Waals surface area contributed by atoms with Crippen molar-refractivity contribution in [2.45, 2.75) is 78.2 Å². The van der Waals surface area contributed by atoms with Crippen molar-refractivity contribution in [3.8, 4) is 0 Å². The predicted octanol–water partition coefficient (Wildman–Crippen LogP) is 4.39. The zero-order valence-corrected chi connectivity index (χ0v) is 11.4. The van der Waals surface area contributed by atoms with Crippen molar-refractivity contribution in [2.75, 3.05) is 0 Å². The second-order valence-corrected chi connectivity index (χ2v) is 6.26. The van der Waals surface area contributed by atoms with Crippen LogP contribution in [0.3, 0.4) is 0 Å². The maximum atomic E-state index is 9.67. The van der Waals surface area contributed by atoms with Crippen LogP contribution in [0.1, 0.15) is 72.1 Å². The van der Waals surface area contributed by atoms with E-state index in [1.807, 2.05) is 0 Å². The predicted molar refractivity (Wildman–Crippen MR) is 70.4 cm³/mol. The Morgan fingerprint density at radius 1 is 1.12 bits per heavy atom. The molecule has 96 valence electrons. The molecule has 0 heterocycles. The highest BCUT2D eigenvalue weighted by Crippen LogP contribution is 2.32. The first-order chi connectivity index (χ1) is 7.59. The van der Waals surface area contributed by atoms with Gasteiger partial charge < -0.3 is 5.11 Å². The average Bonchev–Trinajstić information content (AvgIpc) is 2.22. The summed E-state index contributed by atoms with van der Waals surface area (Å²) in [5.74, 6) is 2.30. The maximum Gasteiger partial charge on any atom is 0.0566 e. The van der Waals surface area contributed by atoms with E-state index in [1.54, 1.807) is 0 Å². The first-order valence-electron chi connectivity index (χ1n) is 7.27. The van der Waals surface area contributed by atoms with E-state index >= 15 is 0 Å². The smallest absolute Gasteiger partial charge is 0.0566 e. The molecule has 0 radical (unpaired) electrons. The van der Waals surface area contributed by atoms with Crippen molar-refractivity contribution in [2.24, 2.45) is 17.8 Å². The third-order valence-corrected chi connectivity index (χ3v) is 4.13. The summed E-state index contributed by atoms with van der Waals surface area (Å²) < 4.78 is 0. The van der Waals surface area contributed by atoms with Gasteiger partial charge in [0.2, 0.25) is 0 Å². The van der Waals surface area contributed by atoms with Gasteiger partial charge in [0.15, 0.2) is 0 Å². The molecule has 1 heteroatoms. The Bertz CT molecular complexity index is 176. The van der Waals surface area contributed by atoms with Gasteiger partial charge in [0.1, 0.15) is 0 Å². The molecular formula is C15H30O. The van der Waals surface area contributed by atoms with E-state index in [1.165, 1.54) is 44.9 Å². The fourth-order valence-electron chi connectivity index (χ4n) is 2.92. The van der Waals surface area contributed by atoms with Crippen molar-refractivity contribution in [3.63, 3.8) is 0 Å². The Labute approximate surface area is 102 Å². The molecule has 16 heavy (non-hydrogen) atoms. The molecule has 0 amide bonds. The zero-order valence-electron chi connectivity index (χ0n) is 11.4. The minimum absolute atomic E-state index is 0.0165. The lowest BCUT2D eigenvalue weighted by Crippen LogP contribution is -2.26. The van der Waals surface area contributed by atoms with E-state index in [0.29, 0.717) is 5.92 Å². The van der Waals surface area contributed by atoms with Crippen molar-refractivity contribution >= 4 is 0 Å². The summed E-state index contributed by atoms with van der Waals surface area (Å²) in [5, 5.41) is 9.67. The summed E-state index contributed by atoms with van der Waals surface area (Å²) >= 11 is 0. The molecule has 1 rings (SSSR count). The fraction of sp³-hybridized carbons (Fsp3) is 1.00. The van der Waals surface area contributed by atoms with Crippen molar-refractivity contribution < 1.29 is 5.11 Å². The number of rotatable bonds is 6. The molecule has 0 spiro atoms. The van der Waals surface area contributed by atoms with Gasteiger partial charge in [-0.2, -0.15) is 0 Å². The second kappa shape index (κ2) is 7.32. The highest BCUT2D eigenvalue weighted by atomic mass is 16.3. The molecule has 0 saturated heterocycles. The summed E-state index contributed by atoms with van der Waals surface area (Å²) in [6.07, 6.45) is 10.5. The molecule has 0 aromatic heterocycles. The van der Waals surface area contributed by atoms with Gasteiger partial charge >= 0.3 is 0 Å². The molecule has 0 bridgehead atoms. The van der Waals surface area contributed by atoms with E-state index in [2.05, 4.69) is 20.8 Å². The van der Waals surface area contributed by atoms with Crippen LogP contribution in [-0.2, 0) is 0 Å². The Balaban J connectivity index is 2.01. The highest BCUT2D eigenvalue weighted by Gasteiger charge is 2.25.